The van der Waals surface area contributed by atoms with Crippen molar-refractivity contribution < 1.29 is 18.0 Å². The number of hydrogen-bond donors (Lipinski definition) is 1. The summed E-state index contributed by atoms with van der Waals surface area (Å²) < 4.78 is 34.1. The molecule has 0 spiro atoms. The molecule has 0 radical (unpaired) electrons. The number of halogens is 2. The third kappa shape index (κ3) is 4.27. The molecule has 0 aromatic carbocycles. The average molecular weight is 476 g/mol. The Labute approximate surface area is 194 Å². The molecule has 2 N–H and O–H groups in total. The Kier molecular flexibility index (Phi) is 5.80. The first kappa shape index (κ1) is 22.4. The van der Waals surface area contributed by atoms with Crippen LogP contribution in [0.1, 0.15) is 26.2 Å². The molecule has 5 rings (SSSR count). The summed E-state index contributed by atoms with van der Waals surface area (Å²) in [6, 6.07) is 3.03. The first-order chi connectivity index (χ1) is 16.3. The number of carbonyl (C=O) groups is 1. The molecular formula is C21H27F2N9O2. The lowest BCUT2D eigenvalue weighted by atomic mass is 10.1. The van der Waals surface area contributed by atoms with E-state index >= 15 is 0 Å². The number of hydrogen-bond acceptors (Lipinski definition) is 9. The predicted octanol–water partition coefficient (Wildman–Crippen LogP) is 1.52. The van der Waals surface area contributed by atoms with E-state index in [1.807, 2.05) is 4.90 Å². The highest BCUT2D eigenvalue weighted by atomic mass is 19.3. The van der Waals surface area contributed by atoms with E-state index in [0.29, 0.717) is 56.7 Å². The molecule has 3 aromatic heterocycles. The van der Waals surface area contributed by atoms with Crippen LogP contribution < -0.4 is 10.6 Å². The minimum absolute atomic E-state index is 0.0424. The van der Waals surface area contributed by atoms with Crippen LogP contribution >= 0.6 is 0 Å². The quantitative estimate of drug-likeness (QED) is 0.565. The Morgan fingerprint density at radius 1 is 1.21 bits per heavy atom. The lowest BCUT2D eigenvalue weighted by molar-refractivity contribution is -0.134. The van der Waals surface area contributed by atoms with Crippen molar-refractivity contribution in [3.05, 3.63) is 18.4 Å². The average Bonchev–Trinajstić information content (AvgIpc) is 3.59. The van der Waals surface area contributed by atoms with Gasteiger partial charge in [-0.15, -0.1) is 5.10 Å². The highest BCUT2D eigenvalue weighted by Crippen LogP contribution is 2.27. The Hall–Kier alpha value is -3.35. The number of furan rings is 1. The van der Waals surface area contributed by atoms with Gasteiger partial charge in [0, 0.05) is 39.1 Å². The third-order valence-electron chi connectivity index (χ3n) is 6.41. The first-order valence-corrected chi connectivity index (χ1v) is 11.4. The van der Waals surface area contributed by atoms with Crippen LogP contribution in [0.2, 0.25) is 0 Å². The fourth-order valence-electron chi connectivity index (χ4n) is 4.47. The number of amides is 1. The summed E-state index contributed by atoms with van der Waals surface area (Å²) in [7, 11) is 0. The van der Waals surface area contributed by atoms with Crippen LogP contribution in [0.3, 0.4) is 0 Å². The van der Waals surface area contributed by atoms with Gasteiger partial charge < -0.3 is 20.0 Å². The van der Waals surface area contributed by atoms with E-state index in [9.17, 15) is 13.6 Å². The summed E-state index contributed by atoms with van der Waals surface area (Å²) in [6.45, 7) is 3.51. The molecule has 1 atom stereocenters. The van der Waals surface area contributed by atoms with Crippen molar-refractivity contribution in [3.8, 4) is 11.6 Å². The normalized spacial score (nSPS) is 19.9. The Bertz CT molecular complexity index is 1160. The van der Waals surface area contributed by atoms with Gasteiger partial charge in [0.05, 0.1) is 12.8 Å². The van der Waals surface area contributed by atoms with E-state index in [4.69, 9.17) is 10.2 Å². The van der Waals surface area contributed by atoms with Crippen LogP contribution in [0.5, 0.6) is 0 Å². The van der Waals surface area contributed by atoms with Gasteiger partial charge >= 0.3 is 0 Å². The Balaban J connectivity index is 1.31. The van der Waals surface area contributed by atoms with Crippen LogP contribution in [-0.4, -0.2) is 91.5 Å². The standard InChI is InChI=1S/C21H27F2N9O2/c1-2-21(22,23)13-29-8-10-30(11-9-29)17(33)14-5-3-7-31(14)19-26-18(24)32-20(27-19)25-16(28-32)15-6-4-12-34-15/h4,6,12,14H,2-3,5,7-11,13H2,1H3,(H2,24,25,26,27,28)/t14-/m0/s1. The molecule has 2 saturated heterocycles. The Morgan fingerprint density at radius 2 is 2.00 bits per heavy atom. The predicted molar refractivity (Wildman–Crippen MR) is 119 cm³/mol. The van der Waals surface area contributed by atoms with Crippen LogP contribution in [-0.2, 0) is 4.79 Å². The molecule has 34 heavy (non-hydrogen) atoms. The van der Waals surface area contributed by atoms with Crippen molar-refractivity contribution in [2.24, 2.45) is 0 Å². The number of piperazine rings is 1. The van der Waals surface area contributed by atoms with Crippen molar-refractivity contribution in [3.63, 3.8) is 0 Å². The maximum absolute atomic E-state index is 13.7. The summed E-state index contributed by atoms with van der Waals surface area (Å²) in [5, 5.41) is 4.30. The zero-order chi connectivity index (χ0) is 23.9. The van der Waals surface area contributed by atoms with Gasteiger partial charge in [-0.05, 0) is 25.0 Å². The molecule has 2 aliphatic heterocycles. The second-order valence-corrected chi connectivity index (χ2v) is 8.67. The maximum Gasteiger partial charge on any atom is 0.260 e. The van der Waals surface area contributed by atoms with Gasteiger partial charge in [-0.2, -0.15) is 19.5 Å². The maximum atomic E-state index is 13.7. The number of nitrogens with two attached hydrogens (primary N) is 1. The number of nitrogens with zero attached hydrogens (tertiary/aromatic N) is 8. The van der Waals surface area contributed by atoms with Gasteiger partial charge in [-0.1, -0.05) is 6.92 Å². The van der Waals surface area contributed by atoms with E-state index in [2.05, 4.69) is 20.1 Å². The van der Waals surface area contributed by atoms with Gasteiger partial charge in [-0.3, -0.25) is 9.69 Å². The van der Waals surface area contributed by atoms with Crippen molar-refractivity contribution in [2.45, 2.75) is 38.2 Å². The van der Waals surface area contributed by atoms with E-state index in [1.165, 1.54) is 17.7 Å². The van der Waals surface area contributed by atoms with Crippen molar-refractivity contribution in [2.75, 3.05) is 49.9 Å². The largest absolute Gasteiger partial charge is 0.461 e. The number of anilines is 2. The summed E-state index contributed by atoms with van der Waals surface area (Å²) >= 11 is 0. The lowest BCUT2D eigenvalue weighted by Gasteiger charge is -2.38. The molecule has 0 saturated carbocycles. The number of carbonyl (C=O) groups excluding carboxylic acids is 1. The second kappa shape index (κ2) is 8.78. The molecular weight excluding hydrogens is 448 g/mol. The van der Waals surface area contributed by atoms with E-state index in [0.717, 1.165) is 6.42 Å². The fourth-order valence-corrected chi connectivity index (χ4v) is 4.47. The molecule has 11 nitrogen and oxygen atoms in total. The van der Waals surface area contributed by atoms with Gasteiger partial charge in [0.25, 0.3) is 11.7 Å². The molecule has 0 bridgehead atoms. The molecule has 5 heterocycles. The summed E-state index contributed by atoms with van der Waals surface area (Å²) in [6.07, 6.45) is 2.80. The van der Waals surface area contributed by atoms with Crippen LogP contribution in [0.15, 0.2) is 22.8 Å². The Morgan fingerprint density at radius 3 is 2.71 bits per heavy atom. The molecule has 182 valence electrons. The second-order valence-electron chi connectivity index (χ2n) is 8.67. The van der Waals surface area contributed by atoms with Gasteiger partial charge in [0.1, 0.15) is 6.04 Å². The minimum Gasteiger partial charge on any atom is -0.461 e. The SMILES string of the molecule is CCC(F)(F)CN1CCN(C(=O)[C@@H]2CCCN2c2nc(N)n3nc(-c4ccco4)nc3n2)CC1. The van der Waals surface area contributed by atoms with Crippen molar-refractivity contribution >= 4 is 23.6 Å². The monoisotopic (exact) mass is 475 g/mol. The highest BCUT2D eigenvalue weighted by molar-refractivity contribution is 5.85. The van der Waals surface area contributed by atoms with Crippen LogP contribution in [0, 0.1) is 0 Å². The number of nitrogen functional groups attached to an aromatic ring is 1. The van der Waals surface area contributed by atoms with Crippen LogP contribution in [0.25, 0.3) is 17.4 Å². The van der Waals surface area contributed by atoms with E-state index in [-0.39, 0.29) is 30.6 Å². The third-order valence-corrected chi connectivity index (χ3v) is 6.41. The number of alkyl halides is 2. The molecule has 2 aliphatic rings. The zero-order valence-electron chi connectivity index (χ0n) is 18.9. The van der Waals surface area contributed by atoms with E-state index in [1.54, 1.807) is 21.9 Å². The van der Waals surface area contributed by atoms with Crippen LogP contribution in [0.4, 0.5) is 20.7 Å². The van der Waals surface area contributed by atoms with Gasteiger partial charge in [0.15, 0.2) is 5.76 Å². The summed E-state index contributed by atoms with van der Waals surface area (Å²) in [5.41, 5.74) is 6.12. The lowest BCUT2D eigenvalue weighted by Crippen LogP contribution is -2.55. The summed E-state index contributed by atoms with van der Waals surface area (Å²) in [5.74, 6) is -1.24. The van der Waals surface area contributed by atoms with Crippen molar-refractivity contribution in [1.29, 1.82) is 0 Å². The highest BCUT2D eigenvalue weighted by Gasteiger charge is 2.38. The summed E-state index contributed by atoms with van der Waals surface area (Å²) in [4.78, 5) is 31.9. The number of rotatable bonds is 6. The topological polar surface area (TPSA) is 122 Å². The molecule has 2 fully saturated rings. The smallest absolute Gasteiger partial charge is 0.260 e. The van der Waals surface area contributed by atoms with Gasteiger partial charge in [-0.25, -0.2) is 8.78 Å². The van der Waals surface area contributed by atoms with E-state index < -0.39 is 12.0 Å². The first-order valence-electron chi connectivity index (χ1n) is 11.4. The molecule has 1 amide bonds. The van der Waals surface area contributed by atoms with Gasteiger partial charge in [0.2, 0.25) is 23.6 Å². The molecule has 3 aromatic rings. The molecule has 0 aliphatic carbocycles. The number of aromatic nitrogens is 5. The van der Waals surface area contributed by atoms with Crippen molar-refractivity contribution in [1.82, 2.24) is 34.4 Å². The fraction of sp³-hybridized carbons (Fsp3) is 0.571. The minimum atomic E-state index is -2.71. The molecule has 0 unspecified atom stereocenters. The zero-order valence-corrected chi connectivity index (χ0v) is 18.9. The molecule has 13 heteroatoms. The number of fused-ring (bicyclic) bond motifs is 1.